The van der Waals surface area contributed by atoms with Crippen LogP contribution < -0.4 is 0 Å². The van der Waals surface area contributed by atoms with Crippen molar-refractivity contribution in [3.05, 3.63) is 65.2 Å². The van der Waals surface area contributed by atoms with Crippen LogP contribution in [0.5, 0.6) is 0 Å². The molecular formula is C15H12F2OS. The lowest BCUT2D eigenvalue weighted by Gasteiger charge is -2.19. The van der Waals surface area contributed by atoms with Crippen LogP contribution in [0.3, 0.4) is 0 Å². The molecule has 0 fully saturated rings. The lowest BCUT2D eigenvalue weighted by molar-refractivity contribution is 0.153. The minimum atomic E-state index is -0.921. The van der Waals surface area contributed by atoms with E-state index < -0.39 is 17.7 Å². The zero-order valence-electron chi connectivity index (χ0n) is 10.0. The van der Waals surface area contributed by atoms with E-state index in [1.54, 1.807) is 11.8 Å². The molecule has 1 N–H and O–H groups in total. The highest BCUT2D eigenvalue weighted by atomic mass is 32.2. The van der Waals surface area contributed by atoms with Gasteiger partial charge in [0.1, 0.15) is 0 Å². The summed E-state index contributed by atoms with van der Waals surface area (Å²) in [5, 5.41) is 10.4. The van der Waals surface area contributed by atoms with Gasteiger partial charge in [-0.1, -0.05) is 24.3 Å². The first-order chi connectivity index (χ1) is 9.16. The summed E-state index contributed by atoms with van der Waals surface area (Å²) in [4.78, 5) is 1.15. The molecular weight excluding hydrogens is 266 g/mol. The molecule has 1 aliphatic heterocycles. The van der Waals surface area contributed by atoms with Gasteiger partial charge in [0.05, 0.1) is 6.10 Å². The second-order valence-corrected chi connectivity index (χ2v) is 5.64. The maximum atomic E-state index is 13.2. The van der Waals surface area contributed by atoms with Crippen molar-refractivity contribution < 1.29 is 13.9 Å². The van der Waals surface area contributed by atoms with Crippen LogP contribution in [-0.4, -0.2) is 10.9 Å². The maximum absolute atomic E-state index is 13.2. The third-order valence-corrected chi connectivity index (χ3v) is 4.61. The van der Waals surface area contributed by atoms with Crippen molar-refractivity contribution in [2.24, 2.45) is 0 Å². The van der Waals surface area contributed by atoms with Crippen molar-refractivity contribution in [2.75, 3.05) is 5.75 Å². The standard InChI is InChI=1S/C15H12F2OS/c16-12-6-5-9(7-13(12)17)15(18)11-8-19-14-4-2-1-3-10(11)14/h1-7,11,15,18H,8H2. The third-order valence-electron chi connectivity index (χ3n) is 3.40. The molecule has 1 heterocycles. The van der Waals surface area contributed by atoms with Crippen LogP contribution in [-0.2, 0) is 0 Å². The molecule has 0 spiro atoms. The van der Waals surface area contributed by atoms with Gasteiger partial charge in [0.2, 0.25) is 0 Å². The number of fused-ring (bicyclic) bond motifs is 1. The Balaban J connectivity index is 1.93. The summed E-state index contributed by atoms with van der Waals surface area (Å²) in [7, 11) is 0. The van der Waals surface area contributed by atoms with Crippen molar-refractivity contribution >= 4 is 11.8 Å². The average molecular weight is 278 g/mol. The van der Waals surface area contributed by atoms with Crippen LogP contribution in [0.2, 0.25) is 0 Å². The first kappa shape index (κ1) is 12.6. The molecule has 2 aromatic carbocycles. The Labute approximate surface area is 114 Å². The van der Waals surface area contributed by atoms with Gasteiger partial charge >= 0.3 is 0 Å². The van der Waals surface area contributed by atoms with Gasteiger partial charge in [-0.3, -0.25) is 0 Å². The average Bonchev–Trinajstić information content (AvgIpc) is 2.85. The molecule has 1 aliphatic rings. The van der Waals surface area contributed by atoms with Gasteiger partial charge in [0.15, 0.2) is 11.6 Å². The summed E-state index contributed by atoms with van der Waals surface area (Å²) < 4.78 is 26.1. The largest absolute Gasteiger partial charge is 0.388 e. The van der Waals surface area contributed by atoms with Crippen molar-refractivity contribution in [1.82, 2.24) is 0 Å². The zero-order chi connectivity index (χ0) is 13.4. The number of benzene rings is 2. The van der Waals surface area contributed by atoms with E-state index in [2.05, 4.69) is 0 Å². The summed E-state index contributed by atoms with van der Waals surface area (Å²) in [6, 6.07) is 11.4. The van der Waals surface area contributed by atoms with E-state index in [1.165, 1.54) is 6.07 Å². The third kappa shape index (κ3) is 2.26. The molecule has 2 atom stereocenters. The Morgan fingerprint density at radius 1 is 1.11 bits per heavy atom. The minimum Gasteiger partial charge on any atom is -0.388 e. The summed E-state index contributed by atoms with van der Waals surface area (Å²) >= 11 is 1.68. The van der Waals surface area contributed by atoms with Gasteiger partial charge in [0.25, 0.3) is 0 Å². The summed E-state index contributed by atoms with van der Waals surface area (Å²) in [6.07, 6.45) is -0.814. The predicted molar refractivity (Wildman–Crippen MR) is 71.2 cm³/mol. The van der Waals surface area contributed by atoms with Gasteiger partial charge in [-0.05, 0) is 29.3 Å². The van der Waals surface area contributed by atoms with Crippen LogP contribution in [0.25, 0.3) is 0 Å². The molecule has 2 aromatic rings. The highest BCUT2D eigenvalue weighted by molar-refractivity contribution is 7.99. The van der Waals surface area contributed by atoms with Crippen LogP contribution in [0.4, 0.5) is 8.78 Å². The molecule has 0 aromatic heterocycles. The predicted octanol–water partition coefficient (Wildman–Crippen LogP) is 3.89. The fraction of sp³-hybridized carbons (Fsp3) is 0.200. The second kappa shape index (κ2) is 4.94. The Bertz CT molecular complexity index is 615. The van der Waals surface area contributed by atoms with E-state index in [0.717, 1.165) is 28.3 Å². The van der Waals surface area contributed by atoms with Crippen LogP contribution in [0.15, 0.2) is 47.4 Å². The van der Waals surface area contributed by atoms with Gasteiger partial charge in [-0.2, -0.15) is 0 Å². The number of rotatable bonds is 2. The first-order valence-electron chi connectivity index (χ1n) is 6.01. The SMILES string of the molecule is OC(c1ccc(F)c(F)c1)C1CSc2ccccc21. The summed E-state index contributed by atoms with van der Waals surface area (Å²) in [5.74, 6) is -1.14. The van der Waals surface area contributed by atoms with Gasteiger partial charge < -0.3 is 5.11 Å². The Morgan fingerprint density at radius 3 is 2.68 bits per heavy atom. The van der Waals surface area contributed by atoms with Crippen LogP contribution in [0, 0.1) is 11.6 Å². The molecule has 0 aliphatic carbocycles. The molecule has 1 nitrogen and oxygen atoms in total. The van der Waals surface area contributed by atoms with Crippen molar-refractivity contribution in [2.45, 2.75) is 16.9 Å². The van der Waals surface area contributed by atoms with Crippen LogP contribution in [0.1, 0.15) is 23.1 Å². The summed E-state index contributed by atoms with van der Waals surface area (Å²) in [5.41, 5.74) is 1.49. The Hall–Kier alpha value is -1.39. The highest BCUT2D eigenvalue weighted by Gasteiger charge is 2.30. The molecule has 0 bridgehead atoms. The monoisotopic (exact) mass is 278 g/mol. The maximum Gasteiger partial charge on any atom is 0.159 e. The molecule has 4 heteroatoms. The normalized spacial score (nSPS) is 19.2. The van der Waals surface area contributed by atoms with Crippen molar-refractivity contribution in [3.63, 3.8) is 0 Å². The van der Waals surface area contributed by atoms with E-state index in [9.17, 15) is 13.9 Å². The fourth-order valence-electron chi connectivity index (χ4n) is 2.38. The van der Waals surface area contributed by atoms with Crippen LogP contribution >= 0.6 is 11.8 Å². The quantitative estimate of drug-likeness (QED) is 0.899. The lowest BCUT2D eigenvalue weighted by Crippen LogP contribution is -2.11. The van der Waals surface area contributed by atoms with Gasteiger partial charge in [0, 0.05) is 16.6 Å². The number of hydrogen-bond donors (Lipinski definition) is 1. The Morgan fingerprint density at radius 2 is 1.89 bits per heavy atom. The molecule has 19 heavy (non-hydrogen) atoms. The molecule has 3 rings (SSSR count). The number of hydrogen-bond acceptors (Lipinski definition) is 2. The Kier molecular flexibility index (Phi) is 3.29. The number of thioether (sulfide) groups is 1. The molecule has 0 radical (unpaired) electrons. The van der Waals surface area contributed by atoms with E-state index in [-0.39, 0.29) is 5.92 Å². The number of aliphatic hydroxyl groups excluding tert-OH is 1. The van der Waals surface area contributed by atoms with E-state index in [0.29, 0.717) is 5.56 Å². The topological polar surface area (TPSA) is 20.2 Å². The van der Waals surface area contributed by atoms with Crippen molar-refractivity contribution in [3.8, 4) is 0 Å². The van der Waals surface area contributed by atoms with Crippen molar-refractivity contribution in [1.29, 1.82) is 0 Å². The number of aliphatic hydroxyl groups is 1. The minimum absolute atomic E-state index is 0.0777. The molecule has 0 saturated carbocycles. The van der Waals surface area contributed by atoms with E-state index in [1.807, 2.05) is 24.3 Å². The number of halogens is 2. The smallest absolute Gasteiger partial charge is 0.159 e. The second-order valence-electron chi connectivity index (χ2n) is 4.57. The fourth-order valence-corrected chi connectivity index (χ4v) is 3.66. The molecule has 2 unspecified atom stereocenters. The van der Waals surface area contributed by atoms with Gasteiger partial charge in [-0.15, -0.1) is 11.8 Å². The van der Waals surface area contributed by atoms with E-state index in [4.69, 9.17) is 0 Å². The van der Waals surface area contributed by atoms with Gasteiger partial charge in [-0.25, -0.2) is 8.78 Å². The molecule has 0 amide bonds. The molecule has 0 saturated heterocycles. The first-order valence-corrected chi connectivity index (χ1v) is 7.00. The van der Waals surface area contributed by atoms with E-state index >= 15 is 0 Å². The molecule has 98 valence electrons. The lowest BCUT2D eigenvalue weighted by atomic mass is 9.91. The zero-order valence-corrected chi connectivity index (χ0v) is 10.8. The highest BCUT2D eigenvalue weighted by Crippen LogP contribution is 2.45. The summed E-state index contributed by atoms with van der Waals surface area (Å²) in [6.45, 7) is 0.